The lowest BCUT2D eigenvalue weighted by molar-refractivity contribution is 0.176. The van der Waals surface area contributed by atoms with E-state index in [-0.39, 0.29) is 12.1 Å². The summed E-state index contributed by atoms with van der Waals surface area (Å²) < 4.78 is 0. The second-order valence-electron chi connectivity index (χ2n) is 5.56. The summed E-state index contributed by atoms with van der Waals surface area (Å²) in [4.78, 5) is 19.5. The zero-order valence-corrected chi connectivity index (χ0v) is 11.9. The summed E-state index contributed by atoms with van der Waals surface area (Å²) in [5, 5.41) is 13.0. The van der Waals surface area contributed by atoms with Gasteiger partial charge in [0.25, 0.3) is 0 Å². The van der Waals surface area contributed by atoms with Crippen LogP contribution in [0.15, 0.2) is 0 Å². The van der Waals surface area contributed by atoms with E-state index in [0.29, 0.717) is 30.6 Å². The highest BCUT2D eigenvalue weighted by molar-refractivity contribution is 7.15. The number of fused-ring (bicyclic) bond motifs is 1. The lowest BCUT2D eigenvalue weighted by Crippen LogP contribution is -2.33. The summed E-state index contributed by atoms with van der Waals surface area (Å²) in [7, 11) is 0. The first-order chi connectivity index (χ1) is 9.11. The SMILES string of the molecule is CC1CCc2nc(NC(=O)N3CC[C@H](O)C3)sc2C1. The van der Waals surface area contributed by atoms with Crippen molar-refractivity contribution in [3.05, 3.63) is 10.6 Å². The number of aromatic nitrogens is 1. The van der Waals surface area contributed by atoms with E-state index in [2.05, 4.69) is 17.2 Å². The van der Waals surface area contributed by atoms with Gasteiger partial charge in [0.2, 0.25) is 0 Å². The average Bonchev–Trinajstić information content (AvgIpc) is 2.94. The molecular weight excluding hydrogens is 262 g/mol. The van der Waals surface area contributed by atoms with Crippen molar-refractivity contribution in [2.45, 2.75) is 38.7 Å². The molecule has 1 saturated heterocycles. The molecule has 2 heterocycles. The highest BCUT2D eigenvalue weighted by Gasteiger charge is 2.26. The Bertz CT molecular complexity index is 488. The number of nitrogens with zero attached hydrogens (tertiary/aromatic N) is 2. The predicted octanol–water partition coefficient (Wildman–Crippen LogP) is 1.87. The van der Waals surface area contributed by atoms with Crippen molar-refractivity contribution >= 4 is 22.5 Å². The monoisotopic (exact) mass is 281 g/mol. The number of aliphatic hydroxyl groups is 1. The van der Waals surface area contributed by atoms with Gasteiger partial charge in [-0.05, 0) is 31.6 Å². The second kappa shape index (κ2) is 5.09. The Labute approximate surface area is 116 Å². The number of carbonyl (C=O) groups excluding carboxylic acids is 1. The summed E-state index contributed by atoms with van der Waals surface area (Å²) in [6.45, 7) is 3.30. The van der Waals surface area contributed by atoms with Gasteiger partial charge in [-0.1, -0.05) is 6.92 Å². The fourth-order valence-corrected chi connectivity index (χ4v) is 3.85. The van der Waals surface area contributed by atoms with E-state index < -0.39 is 0 Å². The van der Waals surface area contributed by atoms with Crippen LogP contribution in [0.5, 0.6) is 0 Å². The zero-order valence-electron chi connectivity index (χ0n) is 11.1. The number of nitrogens with one attached hydrogen (secondary N) is 1. The topological polar surface area (TPSA) is 65.5 Å². The van der Waals surface area contributed by atoms with Gasteiger partial charge in [0.05, 0.1) is 11.8 Å². The molecule has 1 aliphatic heterocycles. The lowest BCUT2D eigenvalue weighted by atomic mass is 9.93. The molecule has 19 heavy (non-hydrogen) atoms. The Balaban J connectivity index is 1.65. The molecule has 1 unspecified atom stereocenters. The van der Waals surface area contributed by atoms with Crippen LogP contribution in [0.4, 0.5) is 9.93 Å². The van der Waals surface area contributed by atoms with Crippen molar-refractivity contribution in [1.82, 2.24) is 9.88 Å². The normalized spacial score (nSPS) is 26.3. The van der Waals surface area contributed by atoms with Crippen LogP contribution in [0.1, 0.15) is 30.3 Å². The van der Waals surface area contributed by atoms with Crippen molar-refractivity contribution < 1.29 is 9.90 Å². The highest BCUT2D eigenvalue weighted by atomic mass is 32.1. The van der Waals surface area contributed by atoms with E-state index in [1.165, 1.54) is 11.3 Å². The molecule has 2 N–H and O–H groups in total. The smallest absolute Gasteiger partial charge is 0.323 e. The standard InChI is InChI=1S/C13H19N3O2S/c1-8-2-3-10-11(6-8)19-12(14-10)15-13(18)16-5-4-9(17)7-16/h8-9,17H,2-7H2,1H3,(H,14,15,18)/t8?,9-/m0/s1. The predicted molar refractivity (Wildman–Crippen MR) is 74.5 cm³/mol. The molecule has 3 rings (SSSR count). The summed E-state index contributed by atoms with van der Waals surface area (Å²) in [6.07, 6.45) is 3.56. The summed E-state index contributed by atoms with van der Waals surface area (Å²) in [5.74, 6) is 0.713. The van der Waals surface area contributed by atoms with Gasteiger partial charge < -0.3 is 10.0 Å². The van der Waals surface area contributed by atoms with E-state index in [0.717, 1.165) is 18.5 Å². The molecule has 1 fully saturated rings. The highest BCUT2D eigenvalue weighted by Crippen LogP contribution is 2.32. The number of urea groups is 1. The van der Waals surface area contributed by atoms with Crippen LogP contribution >= 0.6 is 11.3 Å². The van der Waals surface area contributed by atoms with Crippen LogP contribution in [0.3, 0.4) is 0 Å². The molecule has 6 heteroatoms. The Morgan fingerprint density at radius 3 is 3.11 bits per heavy atom. The number of hydrogen-bond acceptors (Lipinski definition) is 4. The largest absolute Gasteiger partial charge is 0.391 e. The fourth-order valence-electron chi connectivity index (χ4n) is 2.69. The number of β-amino-alcohol motifs (C(OH)–C–C–N with tert-alkyl or cyclic N) is 1. The van der Waals surface area contributed by atoms with Crippen molar-refractivity contribution in [1.29, 1.82) is 0 Å². The Morgan fingerprint density at radius 1 is 1.53 bits per heavy atom. The number of aliphatic hydroxyl groups excluding tert-OH is 1. The maximum absolute atomic E-state index is 12.0. The summed E-state index contributed by atoms with van der Waals surface area (Å²) in [6, 6.07) is -0.143. The average molecular weight is 281 g/mol. The van der Waals surface area contributed by atoms with Gasteiger partial charge in [0.15, 0.2) is 5.13 Å². The minimum Gasteiger partial charge on any atom is -0.391 e. The Hall–Kier alpha value is -1.14. The van der Waals surface area contributed by atoms with Crippen molar-refractivity contribution in [2.24, 2.45) is 5.92 Å². The molecule has 1 aliphatic carbocycles. The quantitative estimate of drug-likeness (QED) is 0.826. The first kappa shape index (κ1) is 12.9. The molecule has 0 bridgehead atoms. The van der Waals surface area contributed by atoms with E-state index in [1.807, 2.05) is 0 Å². The number of thiazole rings is 1. The number of aryl methyl sites for hydroxylation is 1. The number of anilines is 1. The fraction of sp³-hybridized carbons (Fsp3) is 0.692. The van der Waals surface area contributed by atoms with Gasteiger partial charge in [0, 0.05) is 18.0 Å². The number of carbonyl (C=O) groups is 1. The van der Waals surface area contributed by atoms with Crippen molar-refractivity contribution in [2.75, 3.05) is 18.4 Å². The third kappa shape index (κ3) is 2.74. The van der Waals surface area contributed by atoms with E-state index in [9.17, 15) is 9.90 Å². The van der Waals surface area contributed by atoms with Gasteiger partial charge >= 0.3 is 6.03 Å². The van der Waals surface area contributed by atoms with Gasteiger partial charge in [-0.25, -0.2) is 9.78 Å². The third-order valence-corrected chi connectivity index (χ3v) is 4.89. The van der Waals surface area contributed by atoms with E-state index >= 15 is 0 Å². The van der Waals surface area contributed by atoms with Crippen molar-refractivity contribution in [3.63, 3.8) is 0 Å². The minimum absolute atomic E-state index is 0.143. The maximum Gasteiger partial charge on any atom is 0.323 e. The van der Waals surface area contributed by atoms with E-state index in [1.54, 1.807) is 16.2 Å². The summed E-state index contributed by atoms with van der Waals surface area (Å²) >= 11 is 1.59. The van der Waals surface area contributed by atoms with Crippen LogP contribution in [0.2, 0.25) is 0 Å². The molecular formula is C13H19N3O2S. The number of amides is 2. The molecule has 104 valence electrons. The van der Waals surface area contributed by atoms with Gasteiger partial charge in [-0.15, -0.1) is 11.3 Å². The third-order valence-electron chi connectivity index (χ3n) is 3.85. The molecule has 2 amide bonds. The van der Waals surface area contributed by atoms with Gasteiger partial charge in [-0.3, -0.25) is 5.32 Å². The maximum atomic E-state index is 12.0. The van der Waals surface area contributed by atoms with Crippen LogP contribution in [-0.4, -0.2) is 40.2 Å². The number of hydrogen-bond donors (Lipinski definition) is 2. The zero-order chi connectivity index (χ0) is 13.4. The molecule has 0 saturated carbocycles. The molecule has 0 radical (unpaired) electrons. The molecule has 2 aliphatic rings. The van der Waals surface area contributed by atoms with E-state index in [4.69, 9.17) is 0 Å². The second-order valence-corrected chi connectivity index (χ2v) is 6.64. The van der Waals surface area contributed by atoms with Gasteiger partial charge in [-0.2, -0.15) is 0 Å². The minimum atomic E-state index is -0.379. The van der Waals surface area contributed by atoms with Crippen LogP contribution < -0.4 is 5.32 Å². The van der Waals surface area contributed by atoms with Gasteiger partial charge in [0.1, 0.15) is 0 Å². The first-order valence-corrected chi connectivity index (χ1v) is 7.66. The molecule has 2 atom stereocenters. The van der Waals surface area contributed by atoms with Crippen LogP contribution in [0.25, 0.3) is 0 Å². The molecule has 1 aromatic heterocycles. The Kier molecular flexibility index (Phi) is 3.45. The molecule has 0 aromatic carbocycles. The van der Waals surface area contributed by atoms with Crippen molar-refractivity contribution in [3.8, 4) is 0 Å². The summed E-state index contributed by atoms with van der Waals surface area (Å²) in [5.41, 5.74) is 1.15. The molecule has 1 aromatic rings. The Morgan fingerprint density at radius 2 is 2.37 bits per heavy atom. The van der Waals surface area contributed by atoms with Crippen LogP contribution in [0, 0.1) is 5.92 Å². The number of likely N-dealkylation sites (tertiary alicyclic amines) is 1. The van der Waals surface area contributed by atoms with Crippen LogP contribution in [-0.2, 0) is 12.8 Å². The number of rotatable bonds is 1. The first-order valence-electron chi connectivity index (χ1n) is 6.84. The lowest BCUT2D eigenvalue weighted by Gasteiger charge is -2.15. The molecule has 0 spiro atoms. The molecule has 5 nitrogen and oxygen atoms in total.